The highest BCUT2D eigenvalue weighted by Gasteiger charge is 2.28. The van der Waals surface area contributed by atoms with Crippen molar-refractivity contribution in [1.29, 1.82) is 0 Å². The molecule has 19 heavy (non-hydrogen) atoms. The van der Waals surface area contributed by atoms with Crippen LogP contribution < -0.4 is 4.74 Å². The summed E-state index contributed by atoms with van der Waals surface area (Å²) in [6.45, 7) is 0.294. The second-order valence-corrected chi connectivity index (χ2v) is 4.66. The van der Waals surface area contributed by atoms with Crippen molar-refractivity contribution in [2.45, 2.75) is 6.61 Å². The topological polar surface area (TPSA) is 53.3 Å². The molecule has 5 nitrogen and oxygen atoms in total. The number of ether oxygens (including phenoxy) is 2. The van der Waals surface area contributed by atoms with E-state index < -0.39 is 5.97 Å². The molecule has 6 heteroatoms. The SMILES string of the molecule is COC(=O)c1nn(C)c2c1COc1ccc(Cl)cc1-2. The summed E-state index contributed by atoms with van der Waals surface area (Å²) >= 11 is 6.02. The molecular formula is C13H11ClN2O3. The predicted octanol–water partition coefficient (Wildman–Crippen LogP) is 2.42. The predicted molar refractivity (Wildman–Crippen MR) is 69.3 cm³/mol. The summed E-state index contributed by atoms with van der Waals surface area (Å²) in [5.74, 6) is 0.266. The number of rotatable bonds is 1. The van der Waals surface area contributed by atoms with Crippen LogP contribution in [0.1, 0.15) is 16.1 Å². The number of carbonyl (C=O) groups excluding carboxylic acids is 1. The van der Waals surface area contributed by atoms with E-state index in [0.29, 0.717) is 11.6 Å². The fourth-order valence-corrected chi connectivity index (χ4v) is 2.44. The van der Waals surface area contributed by atoms with Gasteiger partial charge < -0.3 is 9.47 Å². The normalized spacial score (nSPS) is 12.4. The monoisotopic (exact) mass is 278 g/mol. The van der Waals surface area contributed by atoms with Gasteiger partial charge in [-0.25, -0.2) is 4.79 Å². The molecule has 0 bridgehead atoms. The molecule has 0 N–H and O–H groups in total. The maximum absolute atomic E-state index is 11.7. The summed E-state index contributed by atoms with van der Waals surface area (Å²) < 4.78 is 12.0. The summed E-state index contributed by atoms with van der Waals surface area (Å²) in [5.41, 5.74) is 2.68. The number of hydrogen-bond acceptors (Lipinski definition) is 4. The van der Waals surface area contributed by atoms with Crippen LogP contribution in [0.4, 0.5) is 0 Å². The van der Waals surface area contributed by atoms with E-state index in [2.05, 4.69) is 5.10 Å². The van der Waals surface area contributed by atoms with Crippen LogP contribution in [-0.4, -0.2) is 22.9 Å². The average molecular weight is 279 g/mol. The summed E-state index contributed by atoms with van der Waals surface area (Å²) in [4.78, 5) is 11.7. The highest BCUT2D eigenvalue weighted by Crippen LogP contribution is 2.39. The summed E-state index contributed by atoms with van der Waals surface area (Å²) in [5, 5.41) is 4.82. The number of benzene rings is 1. The molecule has 0 aliphatic carbocycles. The van der Waals surface area contributed by atoms with Crippen LogP contribution in [0.25, 0.3) is 11.3 Å². The van der Waals surface area contributed by atoms with E-state index in [1.54, 1.807) is 23.9 Å². The largest absolute Gasteiger partial charge is 0.488 e. The van der Waals surface area contributed by atoms with Crippen molar-refractivity contribution in [1.82, 2.24) is 9.78 Å². The first-order valence-corrected chi connectivity index (χ1v) is 6.06. The van der Waals surface area contributed by atoms with E-state index in [0.717, 1.165) is 22.6 Å². The van der Waals surface area contributed by atoms with Crippen LogP contribution in [0.2, 0.25) is 5.02 Å². The van der Waals surface area contributed by atoms with Gasteiger partial charge in [0, 0.05) is 17.6 Å². The number of aryl methyl sites for hydroxylation is 1. The number of nitrogens with zero attached hydrogens (tertiary/aromatic N) is 2. The fraction of sp³-hybridized carbons (Fsp3) is 0.231. The fourth-order valence-electron chi connectivity index (χ4n) is 2.27. The number of esters is 1. The molecule has 2 aromatic rings. The third kappa shape index (κ3) is 1.77. The van der Waals surface area contributed by atoms with Gasteiger partial charge in [0.15, 0.2) is 5.69 Å². The second-order valence-electron chi connectivity index (χ2n) is 4.22. The molecule has 2 heterocycles. The lowest BCUT2D eigenvalue weighted by molar-refractivity contribution is 0.0590. The third-order valence-electron chi connectivity index (χ3n) is 3.09. The van der Waals surface area contributed by atoms with Crippen LogP contribution in [-0.2, 0) is 18.4 Å². The van der Waals surface area contributed by atoms with Gasteiger partial charge >= 0.3 is 5.97 Å². The Morgan fingerprint density at radius 2 is 2.32 bits per heavy atom. The van der Waals surface area contributed by atoms with Crippen molar-refractivity contribution < 1.29 is 14.3 Å². The lowest BCUT2D eigenvalue weighted by Crippen LogP contribution is -2.10. The van der Waals surface area contributed by atoms with Gasteiger partial charge in [-0.1, -0.05) is 11.6 Å². The van der Waals surface area contributed by atoms with Crippen LogP contribution in [0.5, 0.6) is 5.75 Å². The Balaban J connectivity index is 2.24. The molecule has 0 fully saturated rings. The first-order valence-electron chi connectivity index (χ1n) is 5.68. The van der Waals surface area contributed by atoms with E-state index in [-0.39, 0.29) is 5.69 Å². The maximum Gasteiger partial charge on any atom is 0.359 e. The Kier molecular flexibility index (Phi) is 2.71. The molecule has 0 unspecified atom stereocenters. The maximum atomic E-state index is 11.7. The number of halogens is 1. The second kappa shape index (κ2) is 4.28. The van der Waals surface area contributed by atoms with Gasteiger partial charge in [-0.05, 0) is 18.2 Å². The van der Waals surface area contributed by atoms with Gasteiger partial charge in [0.1, 0.15) is 12.4 Å². The Labute approximate surface area is 114 Å². The summed E-state index contributed by atoms with van der Waals surface area (Å²) in [6, 6.07) is 5.38. The van der Waals surface area contributed by atoms with Crippen LogP contribution in [0, 0.1) is 0 Å². The van der Waals surface area contributed by atoms with Crippen LogP contribution in [0.3, 0.4) is 0 Å². The molecule has 0 spiro atoms. The quantitative estimate of drug-likeness (QED) is 0.752. The minimum Gasteiger partial charge on any atom is -0.488 e. The minimum absolute atomic E-state index is 0.283. The van der Waals surface area contributed by atoms with Gasteiger partial charge in [-0.15, -0.1) is 0 Å². The molecule has 3 rings (SSSR count). The van der Waals surface area contributed by atoms with Gasteiger partial charge in [-0.2, -0.15) is 5.10 Å². The zero-order valence-electron chi connectivity index (χ0n) is 10.4. The van der Waals surface area contributed by atoms with E-state index in [4.69, 9.17) is 21.1 Å². The van der Waals surface area contributed by atoms with Crippen molar-refractivity contribution in [3.63, 3.8) is 0 Å². The first-order chi connectivity index (χ1) is 9.11. The number of carbonyl (C=O) groups is 1. The van der Waals surface area contributed by atoms with Crippen molar-refractivity contribution in [3.8, 4) is 17.0 Å². The van der Waals surface area contributed by atoms with E-state index in [1.807, 2.05) is 6.07 Å². The lowest BCUT2D eigenvalue weighted by Gasteiger charge is -2.18. The molecule has 0 amide bonds. The van der Waals surface area contributed by atoms with Gasteiger partial charge in [0.25, 0.3) is 0 Å². The number of fused-ring (bicyclic) bond motifs is 3. The third-order valence-corrected chi connectivity index (χ3v) is 3.33. The zero-order valence-corrected chi connectivity index (χ0v) is 11.2. The average Bonchev–Trinajstić information content (AvgIpc) is 2.75. The van der Waals surface area contributed by atoms with Gasteiger partial charge in [-0.3, -0.25) is 4.68 Å². The van der Waals surface area contributed by atoms with Crippen molar-refractivity contribution >= 4 is 17.6 Å². The highest BCUT2D eigenvalue weighted by atomic mass is 35.5. The lowest BCUT2D eigenvalue weighted by atomic mass is 10.0. The zero-order chi connectivity index (χ0) is 13.6. The molecule has 0 saturated heterocycles. The van der Waals surface area contributed by atoms with Crippen molar-refractivity contribution in [2.24, 2.45) is 7.05 Å². The number of hydrogen-bond donors (Lipinski definition) is 0. The van der Waals surface area contributed by atoms with Gasteiger partial charge in [0.2, 0.25) is 0 Å². The van der Waals surface area contributed by atoms with E-state index in [1.165, 1.54) is 7.11 Å². The number of aromatic nitrogens is 2. The minimum atomic E-state index is -0.467. The molecule has 1 aromatic carbocycles. The molecular weight excluding hydrogens is 268 g/mol. The molecule has 0 atom stereocenters. The summed E-state index contributed by atoms with van der Waals surface area (Å²) in [6.07, 6.45) is 0. The van der Waals surface area contributed by atoms with Crippen LogP contribution in [0.15, 0.2) is 18.2 Å². The van der Waals surface area contributed by atoms with E-state index >= 15 is 0 Å². The Bertz CT molecular complexity index is 679. The Morgan fingerprint density at radius 1 is 1.53 bits per heavy atom. The highest BCUT2D eigenvalue weighted by molar-refractivity contribution is 6.31. The van der Waals surface area contributed by atoms with Gasteiger partial charge in [0.05, 0.1) is 18.4 Å². The first kappa shape index (κ1) is 12.0. The smallest absolute Gasteiger partial charge is 0.359 e. The van der Waals surface area contributed by atoms with Crippen LogP contribution >= 0.6 is 11.6 Å². The summed E-state index contributed by atoms with van der Waals surface area (Å²) in [7, 11) is 3.11. The molecule has 0 saturated carbocycles. The number of methoxy groups -OCH3 is 1. The molecule has 0 radical (unpaired) electrons. The Hall–Kier alpha value is -2.01. The molecule has 1 aliphatic heterocycles. The molecule has 98 valence electrons. The Morgan fingerprint density at radius 3 is 3.05 bits per heavy atom. The van der Waals surface area contributed by atoms with E-state index in [9.17, 15) is 4.79 Å². The molecule has 1 aromatic heterocycles. The van der Waals surface area contributed by atoms with Crippen molar-refractivity contribution in [2.75, 3.05) is 7.11 Å². The standard InChI is InChI=1S/C13H11ClN2O3/c1-16-12-8-5-7(14)3-4-10(8)19-6-9(12)11(15-16)13(17)18-2/h3-5H,6H2,1-2H3. The van der Waals surface area contributed by atoms with Crippen molar-refractivity contribution in [3.05, 3.63) is 34.5 Å². The molecule has 1 aliphatic rings.